The molecule has 1 aliphatic rings. The van der Waals surface area contributed by atoms with Crippen molar-refractivity contribution in [1.29, 1.82) is 0 Å². The summed E-state index contributed by atoms with van der Waals surface area (Å²) < 4.78 is 32.5. The summed E-state index contributed by atoms with van der Waals surface area (Å²) in [5.74, 6) is 0.343. The largest absolute Gasteiger partial charge is 0.496 e. The van der Waals surface area contributed by atoms with Gasteiger partial charge in [0, 0.05) is 19.6 Å². The molecular formula is C22H28N2O4S. The number of hydrogen-bond acceptors (Lipinski definition) is 4. The molecule has 1 amide bonds. The van der Waals surface area contributed by atoms with Crippen LogP contribution in [0.2, 0.25) is 0 Å². The van der Waals surface area contributed by atoms with E-state index in [2.05, 4.69) is 5.32 Å². The molecule has 2 aromatic carbocycles. The van der Waals surface area contributed by atoms with Crippen molar-refractivity contribution in [3.63, 3.8) is 0 Å². The molecule has 0 saturated carbocycles. The molecule has 1 saturated heterocycles. The average molecular weight is 417 g/mol. The first-order chi connectivity index (χ1) is 14.0. The van der Waals surface area contributed by atoms with Gasteiger partial charge in [0.15, 0.2) is 0 Å². The number of benzene rings is 2. The second-order valence-electron chi connectivity index (χ2n) is 7.17. The van der Waals surface area contributed by atoms with Crippen molar-refractivity contribution in [3.05, 3.63) is 59.7 Å². The molecule has 3 rings (SSSR count). The van der Waals surface area contributed by atoms with Gasteiger partial charge in [0.1, 0.15) is 5.75 Å². The number of amides is 1. The number of rotatable bonds is 7. The SMILES string of the molecule is COc1ccccc1C(=O)NCCc1ccc(S(=O)(=O)N2CCCCCC2)cc1. The van der Waals surface area contributed by atoms with Gasteiger partial charge < -0.3 is 10.1 Å². The number of carbonyl (C=O) groups is 1. The van der Waals surface area contributed by atoms with E-state index in [1.807, 2.05) is 18.2 Å². The minimum absolute atomic E-state index is 0.192. The summed E-state index contributed by atoms with van der Waals surface area (Å²) in [6.07, 6.45) is 4.63. The van der Waals surface area contributed by atoms with E-state index in [-0.39, 0.29) is 5.91 Å². The van der Waals surface area contributed by atoms with Crippen molar-refractivity contribution in [1.82, 2.24) is 9.62 Å². The normalized spacial score (nSPS) is 15.5. The molecule has 0 unspecified atom stereocenters. The molecule has 0 atom stereocenters. The van der Waals surface area contributed by atoms with E-state index in [0.29, 0.717) is 42.3 Å². The van der Waals surface area contributed by atoms with Crippen LogP contribution < -0.4 is 10.1 Å². The molecule has 0 aromatic heterocycles. The lowest BCUT2D eigenvalue weighted by molar-refractivity contribution is 0.0951. The Hall–Kier alpha value is -2.38. The summed E-state index contributed by atoms with van der Waals surface area (Å²) in [5.41, 5.74) is 1.47. The predicted octanol–water partition coefficient (Wildman–Crippen LogP) is 3.23. The first-order valence-electron chi connectivity index (χ1n) is 10.0. The third kappa shape index (κ3) is 5.36. The van der Waals surface area contributed by atoms with Crippen LogP contribution in [0.5, 0.6) is 5.75 Å². The molecule has 0 bridgehead atoms. The Morgan fingerprint density at radius 1 is 1.00 bits per heavy atom. The number of ether oxygens (including phenoxy) is 1. The first kappa shape index (κ1) is 21.3. The van der Waals surface area contributed by atoms with Crippen LogP contribution in [0.3, 0.4) is 0 Å². The maximum absolute atomic E-state index is 12.8. The zero-order valence-corrected chi connectivity index (χ0v) is 17.6. The molecule has 7 heteroatoms. The van der Waals surface area contributed by atoms with Gasteiger partial charge in [-0.3, -0.25) is 4.79 Å². The monoisotopic (exact) mass is 416 g/mol. The highest BCUT2D eigenvalue weighted by Crippen LogP contribution is 2.21. The van der Waals surface area contributed by atoms with E-state index in [1.165, 1.54) is 7.11 Å². The Morgan fingerprint density at radius 2 is 1.66 bits per heavy atom. The Labute approximate surface area is 172 Å². The number of methoxy groups -OCH3 is 1. The topological polar surface area (TPSA) is 75.7 Å². The fourth-order valence-corrected chi connectivity index (χ4v) is 5.02. The quantitative estimate of drug-likeness (QED) is 0.752. The van der Waals surface area contributed by atoms with Crippen LogP contribution in [0.15, 0.2) is 53.4 Å². The van der Waals surface area contributed by atoms with E-state index in [4.69, 9.17) is 4.74 Å². The lowest BCUT2D eigenvalue weighted by Crippen LogP contribution is -2.31. The van der Waals surface area contributed by atoms with Crippen LogP contribution in [0, 0.1) is 0 Å². The van der Waals surface area contributed by atoms with Gasteiger partial charge in [-0.15, -0.1) is 0 Å². The molecule has 2 aromatic rings. The minimum Gasteiger partial charge on any atom is -0.496 e. The van der Waals surface area contributed by atoms with Gasteiger partial charge in [-0.05, 0) is 49.1 Å². The van der Waals surface area contributed by atoms with Gasteiger partial charge in [-0.25, -0.2) is 8.42 Å². The predicted molar refractivity (Wildman–Crippen MR) is 113 cm³/mol. The molecule has 0 spiro atoms. The molecule has 156 valence electrons. The van der Waals surface area contributed by atoms with E-state index in [0.717, 1.165) is 31.2 Å². The van der Waals surface area contributed by atoms with Crippen LogP contribution in [0.4, 0.5) is 0 Å². The number of sulfonamides is 1. The van der Waals surface area contributed by atoms with Crippen LogP contribution in [-0.2, 0) is 16.4 Å². The fourth-order valence-electron chi connectivity index (χ4n) is 3.51. The third-order valence-electron chi connectivity index (χ3n) is 5.18. The van der Waals surface area contributed by atoms with E-state index in [1.54, 1.807) is 34.6 Å². The molecule has 0 radical (unpaired) electrons. The molecule has 0 aliphatic carbocycles. The highest BCUT2D eigenvalue weighted by atomic mass is 32.2. The lowest BCUT2D eigenvalue weighted by atomic mass is 10.1. The van der Waals surface area contributed by atoms with Crippen LogP contribution in [0.1, 0.15) is 41.6 Å². The van der Waals surface area contributed by atoms with Gasteiger partial charge >= 0.3 is 0 Å². The van der Waals surface area contributed by atoms with Crippen LogP contribution in [0.25, 0.3) is 0 Å². The van der Waals surface area contributed by atoms with Gasteiger partial charge in [-0.1, -0.05) is 37.1 Å². The van der Waals surface area contributed by atoms with Gasteiger partial charge in [-0.2, -0.15) is 4.31 Å². The van der Waals surface area contributed by atoms with E-state index >= 15 is 0 Å². The van der Waals surface area contributed by atoms with Crippen LogP contribution >= 0.6 is 0 Å². The second-order valence-corrected chi connectivity index (χ2v) is 9.11. The highest BCUT2D eigenvalue weighted by Gasteiger charge is 2.24. The van der Waals surface area contributed by atoms with Crippen molar-refractivity contribution < 1.29 is 17.9 Å². The minimum atomic E-state index is -3.43. The molecule has 1 heterocycles. The Kier molecular flexibility index (Phi) is 7.28. The fraction of sp³-hybridized carbons (Fsp3) is 0.409. The van der Waals surface area contributed by atoms with Crippen molar-refractivity contribution in [2.45, 2.75) is 37.0 Å². The van der Waals surface area contributed by atoms with Crippen molar-refractivity contribution >= 4 is 15.9 Å². The number of hydrogen-bond donors (Lipinski definition) is 1. The molecule has 1 N–H and O–H groups in total. The standard InChI is InChI=1S/C22H28N2O4S/c1-28-21-9-5-4-8-20(21)22(25)23-15-14-18-10-12-19(13-11-18)29(26,27)24-16-6-2-3-7-17-24/h4-5,8-13H,2-3,6-7,14-17H2,1H3,(H,23,25). The first-order valence-corrected chi connectivity index (χ1v) is 11.5. The number of para-hydroxylation sites is 1. The average Bonchev–Trinajstić information content (AvgIpc) is 3.04. The van der Waals surface area contributed by atoms with Crippen molar-refractivity contribution in [2.24, 2.45) is 0 Å². The zero-order chi connectivity index (χ0) is 20.7. The van der Waals surface area contributed by atoms with Gasteiger partial charge in [0.2, 0.25) is 10.0 Å². The summed E-state index contributed by atoms with van der Waals surface area (Å²) in [4.78, 5) is 12.7. The summed E-state index contributed by atoms with van der Waals surface area (Å²) in [6.45, 7) is 1.65. The van der Waals surface area contributed by atoms with Crippen molar-refractivity contribution in [3.8, 4) is 5.75 Å². The molecule has 6 nitrogen and oxygen atoms in total. The molecular weight excluding hydrogens is 388 g/mol. The molecule has 1 aliphatic heterocycles. The molecule has 1 fully saturated rings. The highest BCUT2D eigenvalue weighted by molar-refractivity contribution is 7.89. The molecule has 29 heavy (non-hydrogen) atoms. The van der Waals surface area contributed by atoms with Gasteiger partial charge in [0.05, 0.1) is 17.6 Å². The summed E-state index contributed by atoms with van der Waals surface area (Å²) in [6, 6.07) is 14.0. The smallest absolute Gasteiger partial charge is 0.255 e. The van der Waals surface area contributed by atoms with E-state index in [9.17, 15) is 13.2 Å². The van der Waals surface area contributed by atoms with Gasteiger partial charge in [0.25, 0.3) is 5.91 Å². The van der Waals surface area contributed by atoms with E-state index < -0.39 is 10.0 Å². The lowest BCUT2D eigenvalue weighted by Gasteiger charge is -2.20. The summed E-state index contributed by atoms with van der Waals surface area (Å²) in [7, 11) is -1.90. The van der Waals surface area contributed by atoms with Crippen LogP contribution in [-0.4, -0.2) is 45.4 Å². The Morgan fingerprint density at radius 3 is 2.31 bits per heavy atom. The Balaban J connectivity index is 1.57. The summed E-state index contributed by atoms with van der Waals surface area (Å²) >= 11 is 0. The zero-order valence-electron chi connectivity index (χ0n) is 16.8. The third-order valence-corrected chi connectivity index (χ3v) is 7.09. The Bertz CT molecular complexity index is 918. The number of carbonyl (C=O) groups excluding carboxylic acids is 1. The maximum Gasteiger partial charge on any atom is 0.255 e. The second kappa shape index (κ2) is 9.89. The number of nitrogens with zero attached hydrogens (tertiary/aromatic N) is 1. The number of nitrogens with one attached hydrogen (secondary N) is 1. The summed E-state index contributed by atoms with van der Waals surface area (Å²) in [5, 5.41) is 2.88. The maximum atomic E-state index is 12.8. The van der Waals surface area contributed by atoms with Crippen molar-refractivity contribution in [2.75, 3.05) is 26.7 Å².